The van der Waals surface area contributed by atoms with Crippen LogP contribution in [0.2, 0.25) is 5.28 Å². The summed E-state index contributed by atoms with van der Waals surface area (Å²) in [6.45, 7) is 0. The highest BCUT2D eigenvalue weighted by Gasteiger charge is 2.28. The van der Waals surface area contributed by atoms with Crippen LogP contribution in [0.4, 0.5) is 0 Å². The third-order valence-electron chi connectivity index (χ3n) is 1.67. The van der Waals surface area contributed by atoms with Gasteiger partial charge in [0, 0.05) is 13.0 Å². The average molecular weight is 158 g/mol. The minimum atomic E-state index is 0.488. The number of hydrogen-bond acceptors (Lipinski definition) is 2. The Morgan fingerprint density at radius 2 is 2.30 bits per heavy atom. The average Bonchev–Trinajstić information content (AvgIpc) is 2.64. The van der Waals surface area contributed by atoms with Crippen LogP contribution in [-0.4, -0.2) is 14.8 Å². The molecule has 0 aliphatic heterocycles. The van der Waals surface area contributed by atoms with Crippen molar-refractivity contribution in [1.29, 1.82) is 0 Å². The molecule has 0 aromatic carbocycles. The molecule has 0 spiro atoms. The Morgan fingerprint density at radius 3 is 2.70 bits per heavy atom. The summed E-state index contributed by atoms with van der Waals surface area (Å²) in [6, 6.07) is 0. The van der Waals surface area contributed by atoms with Crippen LogP contribution < -0.4 is 0 Å². The molecule has 1 aromatic heterocycles. The van der Waals surface area contributed by atoms with Gasteiger partial charge in [-0.05, 0) is 24.4 Å². The van der Waals surface area contributed by atoms with Gasteiger partial charge in [-0.25, -0.2) is 9.67 Å². The van der Waals surface area contributed by atoms with Crippen LogP contribution in [-0.2, 0) is 7.05 Å². The molecule has 3 nitrogen and oxygen atoms in total. The molecule has 1 fully saturated rings. The summed E-state index contributed by atoms with van der Waals surface area (Å²) < 4.78 is 1.61. The maximum atomic E-state index is 5.69. The van der Waals surface area contributed by atoms with Crippen molar-refractivity contribution in [3.63, 3.8) is 0 Å². The molecule has 54 valence electrons. The van der Waals surface area contributed by atoms with E-state index in [1.165, 1.54) is 12.8 Å². The largest absolute Gasteiger partial charge is 0.239 e. The first kappa shape index (κ1) is 6.16. The van der Waals surface area contributed by atoms with Crippen LogP contribution in [0.1, 0.15) is 24.6 Å². The lowest BCUT2D eigenvalue weighted by atomic mass is 10.4. The van der Waals surface area contributed by atoms with Gasteiger partial charge in [0.1, 0.15) is 0 Å². The van der Waals surface area contributed by atoms with Crippen LogP contribution >= 0.6 is 11.6 Å². The van der Waals surface area contributed by atoms with E-state index in [0.29, 0.717) is 11.2 Å². The normalized spacial score (nSPS) is 17.8. The molecule has 2 rings (SSSR count). The van der Waals surface area contributed by atoms with Crippen LogP contribution in [0.15, 0.2) is 0 Å². The van der Waals surface area contributed by atoms with Crippen LogP contribution in [0.3, 0.4) is 0 Å². The predicted molar refractivity (Wildman–Crippen MR) is 38.0 cm³/mol. The molecule has 0 N–H and O–H groups in total. The Morgan fingerprint density at radius 1 is 1.60 bits per heavy atom. The van der Waals surface area contributed by atoms with Crippen LogP contribution in [0, 0.1) is 0 Å². The fourth-order valence-corrected chi connectivity index (χ4v) is 1.02. The Bertz CT molecular complexity index is 232. The van der Waals surface area contributed by atoms with Crippen molar-refractivity contribution >= 4 is 11.6 Å². The molecule has 1 aliphatic carbocycles. The van der Waals surface area contributed by atoms with Crippen LogP contribution in [0.25, 0.3) is 0 Å². The molecule has 1 aliphatic rings. The number of nitrogens with zero attached hydrogens (tertiary/aromatic N) is 3. The topological polar surface area (TPSA) is 30.7 Å². The van der Waals surface area contributed by atoms with Crippen molar-refractivity contribution in [1.82, 2.24) is 14.8 Å². The highest BCUT2D eigenvalue weighted by molar-refractivity contribution is 6.28. The molecular weight excluding hydrogens is 150 g/mol. The van der Waals surface area contributed by atoms with E-state index in [-0.39, 0.29) is 0 Å². The Balaban J connectivity index is 2.34. The van der Waals surface area contributed by atoms with E-state index < -0.39 is 0 Å². The maximum Gasteiger partial charge on any atom is 0.220 e. The fraction of sp³-hybridized carbons (Fsp3) is 0.667. The van der Waals surface area contributed by atoms with E-state index >= 15 is 0 Å². The number of hydrogen-bond donors (Lipinski definition) is 0. The molecule has 0 radical (unpaired) electrons. The highest BCUT2D eigenvalue weighted by Crippen LogP contribution is 2.38. The van der Waals surface area contributed by atoms with Gasteiger partial charge in [0.15, 0.2) is 5.82 Å². The molecule has 1 heterocycles. The van der Waals surface area contributed by atoms with E-state index in [4.69, 9.17) is 11.6 Å². The first-order chi connectivity index (χ1) is 4.77. The van der Waals surface area contributed by atoms with Gasteiger partial charge in [0.25, 0.3) is 0 Å². The van der Waals surface area contributed by atoms with E-state index in [1.54, 1.807) is 11.7 Å². The predicted octanol–water partition coefficient (Wildman–Crippen LogP) is 1.35. The molecule has 0 bridgehead atoms. The lowest BCUT2D eigenvalue weighted by Crippen LogP contribution is -1.90. The summed E-state index contributed by atoms with van der Waals surface area (Å²) >= 11 is 5.69. The Labute approximate surface area is 64.0 Å². The van der Waals surface area contributed by atoms with Gasteiger partial charge in [-0.3, -0.25) is 0 Å². The molecule has 10 heavy (non-hydrogen) atoms. The SMILES string of the molecule is Cn1nc(C2CC2)nc1Cl. The lowest BCUT2D eigenvalue weighted by molar-refractivity contribution is 0.744. The molecule has 1 aromatic rings. The Kier molecular flexibility index (Phi) is 1.20. The van der Waals surface area contributed by atoms with Gasteiger partial charge in [0.05, 0.1) is 0 Å². The maximum absolute atomic E-state index is 5.69. The van der Waals surface area contributed by atoms with Crippen molar-refractivity contribution < 1.29 is 0 Å². The standard InChI is InChI=1S/C6H8ClN3/c1-10-6(7)8-5(9-10)4-2-3-4/h4H,2-3H2,1H3. The molecule has 0 atom stereocenters. The van der Waals surface area contributed by atoms with E-state index in [1.807, 2.05) is 0 Å². The van der Waals surface area contributed by atoms with Crippen molar-refractivity contribution in [2.45, 2.75) is 18.8 Å². The molecule has 0 amide bonds. The monoisotopic (exact) mass is 157 g/mol. The zero-order valence-electron chi connectivity index (χ0n) is 5.71. The number of halogens is 1. The van der Waals surface area contributed by atoms with Gasteiger partial charge in [0.2, 0.25) is 5.28 Å². The van der Waals surface area contributed by atoms with Crippen molar-refractivity contribution in [3.05, 3.63) is 11.1 Å². The van der Waals surface area contributed by atoms with Gasteiger partial charge in [-0.15, -0.1) is 0 Å². The van der Waals surface area contributed by atoms with E-state index in [9.17, 15) is 0 Å². The summed E-state index contributed by atoms with van der Waals surface area (Å²) in [5.74, 6) is 1.51. The molecule has 4 heteroatoms. The second kappa shape index (κ2) is 1.95. The summed E-state index contributed by atoms with van der Waals surface area (Å²) in [6.07, 6.45) is 2.45. The summed E-state index contributed by atoms with van der Waals surface area (Å²) in [7, 11) is 1.81. The molecular formula is C6H8ClN3. The van der Waals surface area contributed by atoms with Gasteiger partial charge in [-0.1, -0.05) is 0 Å². The van der Waals surface area contributed by atoms with Gasteiger partial charge in [-0.2, -0.15) is 5.10 Å². The van der Waals surface area contributed by atoms with E-state index in [2.05, 4.69) is 10.1 Å². The summed E-state index contributed by atoms with van der Waals surface area (Å²) in [4.78, 5) is 4.09. The first-order valence-electron chi connectivity index (χ1n) is 3.34. The third-order valence-corrected chi connectivity index (χ3v) is 2.00. The first-order valence-corrected chi connectivity index (χ1v) is 3.71. The summed E-state index contributed by atoms with van der Waals surface area (Å²) in [5, 5.41) is 4.63. The molecule has 0 saturated heterocycles. The van der Waals surface area contributed by atoms with Gasteiger partial charge < -0.3 is 0 Å². The number of aromatic nitrogens is 3. The van der Waals surface area contributed by atoms with Crippen molar-refractivity contribution in [2.24, 2.45) is 7.05 Å². The zero-order valence-corrected chi connectivity index (χ0v) is 6.47. The number of aryl methyl sites for hydroxylation is 1. The van der Waals surface area contributed by atoms with Crippen LogP contribution in [0.5, 0.6) is 0 Å². The molecule has 0 unspecified atom stereocenters. The minimum absolute atomic E-state index is 0.488. The second-order valence-electron chi connectivity index (χ2n) is 2.64. The van der Waals surface area contributed by atoms with Gasteiger partial charge >= 0.3 is 0 Å². The quantitative estimate of drug-likeness (QED) is 0.616. The van der Waals surface area contributed by atoms with Crippen molar-refractivity contribution in [2.75, 3.05) is 0 Å². The van der Waals surface area contributed by atoms with Crippen molar-refractivity contribution in [3.8, 4) is 0 Å². The fourth-order valence-electron chi connectivity index (χ4n) is 0.899. The number of rotatable bonds is 1. The smallest absolute Gasteiger partial charge is 0.220 e. The second-order valence-corrected chi connectivity index (χ2v) is 2.97. The summed E-state index contributed by atoms with van der Waals surface area (Å²) in [5.41, 5.74) is 0. The third kappa shape index (κ3) is 0.904. The lowest BCUT2D eigenvalue weighted by Gasteiger charge is -1.83. The van der Waals surface area contributed by atoms with E-state index in [0.717, 1.165) is 5.82 Å². The zero-order chi connectivity index (χ0) is 7.14. The highest BCUT2D eigenvalue weighted by atomic mass is 35.5. The molecule has 1 saturated carbocycles. The minimum Gasteiger partial charge on any atom is -0.239 e. The Hall–Kier alpha value is -0.570.